The van der Waals surface area contributed by atoms with Gasteiger partial charge < -0.3 is 5.73 Å². The summed E-state index contributed by atoms with van der Waals surface area (Å²) < 4.78 is 27.1. The summed E-state index contributed by atoms with van der Waals surface area (Å²) in [5.74, 6) is -0.776. The molecule has 0 aliphatic carbocycles. The molecule has 0 saturated carbocycles. The molecule has 0 radical (unpaired) electrons. The number of nitrogens with zero attached hydrogens (tertiary/aromatic N) is 2. The normalized spacial score (nSPS) is 16.5. The van der Waals surface area contributed by atoms with E-state index in [0.29, 0.717) is 16.8 Å². The molecular weight excluding hydrogens is 346 g/mol. The molecule has 1 atom stereocenters. The van der Waals surface area contributed by atoms with Crippen molar-refractivity contribution in [3.05, 3.63) is 63.7 Å². The Balaban J connectivity index is 2.17. The van der Waals surface area contributed by atoms with Gasteiger partial charge in [0.25, 0.3) is 15.7 Å². The standard InChI is InChI=1S/C16H15N3O5S/c1-10-6-7-12(9-14(10)19(21)22)25(23,24)18-13-5-3-2-4-11(13)8-15(18)16(17)20/h2-7,9,15H,8H2,1H3,(H2,17,20)/t15-/m0/s1. The molecule has 1 heterocycles. The molecular formula is C16H15N3O5S. The fraction of sp³-hybridized carbons (Fsp3) is 0.188. The molecule has 1 aliphatic heterocycles. The summed E-state index contributed by atoms with van der Waals surface area (Å²) >= 11 is 0. The average Bonchev–Trinajstić information content (AvgIpc) is 2.95. The van der Waals surface area contributed by atoms with Gasteiger partial charge in [0.2, 0.25) is 5.91 Å². The Kier molecular flexibility index (Phi) is 3.96. The number of anilines is 1. The van der Waals surface area contributed by atoms with Crippen molar-refractivity contribution in [1.82, 2.24) is 0 Å². The number of fused-ring (bicyclic) bond motifs is 1. The zero-order valence-corrected chi connectivity index (χ0v) is 14.1. The minimum Gasteiger partial charge on any atom is -0.368 e. The van der Waals surface area contributed by atoms with Crippen molar-refractivity contribution in [3.8, 4) is 0 Å². The van der Waals surface area contributed by atoms with Gasteiger partial charge in [0.15, 0.2) is 0 Å². The zero-order valence-electron chi connectivity index (χ0n) is 13.2. The van der Waals surface area contributed by atoms with E-state index in [4.69, 9.17) is 5.73 Å². The van der Waals surface area contributed by atoms with Crippen LogP contribution in [0.3, 0.4) is 0 Å². The molecule has 0 saturated heterocycles. The Morgan fingerprint density at radius 1 is 1.28 bits per heavy atom. The summed E-state index contributed by atoms with van der Waals surface area (Å²) in [5, 5.41) is 11.1. The third-order valence-electron chi connectivity index (χ3n) is 4.19. The zero-order chi connectivity index (χ0) is 18.4. The van der Waals surface area contributed by atoms with Crippen molar-refractivity contribution in [2.45, 2.75) is 24.3 Å². The predicted octanol–water partition coefficient (Wildman–Crippen LogP) is 1.51. The molecule has 0 aromatic heterocycles. The summed E-state index contributed by atoms with van der Waals surface area (Å²) in [4.78, 5) is 22.0. The van der Waals surface area contributed by atoms with E-state index in [2.05, 4.69) is 0 Å². The molecule has 2 aromatic rings. The Bertz CT molecular complexity index is 987. The van der Waals surface area contributed by atoms with Gasteiger partial charge in [0.05, 0.1) is 15.5 Å². The maximum absolute atomic E-state index is 13.1. The molecule has 8 nitrogen and oxygen atoms in total. The average molecular weight is 361 g/mol. The van der Waals surface area contributed by atoms with Crippen molar-refractivity contribution in [2.24, 2.45) is 5.73 Å². The second kappa shape index (κ2) is 5.85. The molecule has 2 aromatic carbocycles. The lowest BCUT2D eigenvalue weighted by Crippen LogP contribution is -2.46. The van der Waals surface area contributed by atoms with Crippen LogP contribution in [0.4, 0.5) is 11.4 Å². The first-order valence-electron chi connectivity index (χ1n) is 7.40. The monoisotopic (exact) mass is 361 g/mol. The number of amides is 1. The van der Waals surface area contributed by atoms with E-state index in [1.165, 1.54) is 19.1 Å². The molecule has 0 bridgehead atoms. The molecule has 9 heteroatoms. The predicted molar refractivity (Wildman–Crippen MR) is 90.6 cm³/mol. The van der Waals surface area contributed by atoms with Crippen molar-refractivity contribution < 1.29 is 18.1 Å². The smallest absolute Gasteiger partial charge is 0.273 e. The van der Waals surface area contributed by atoms with Crippen LogP contribution in [-0.4, -0.2) is 25.3 Å². The van der Waals surface area contributed by atoms with E-state index in [9.17, 15) is 23.3 Å². The van der Waals surface area contributed by atoms with Gasteiger partial charge in [0, 0.05) is 18.1 Å². The first kappa shape index (κ1) is 16.9. The number of para-hydroxylation sites is 1. The van der Waals surface area contributed by atoms with Gasteiger partial charge in [-0.3, -0.25) is 19.2 Å². The molecule has 1 amide bonds. The van der Waals surface area contributed by atoms with Crippen LogP contribution in [0.15, 0.2) is 47.4 Å². The second-order valence-corrected chi connectivity index (χ2v) is 7.57. The summed E-state index contributed by atoms with van der Waals surface area (Å²) in [6.45, 7) is 1.52. The van der Waals surface area contributed by atoms with E-state index in [1.807, 2.05) is 0 Å². The number of benzene rings is 2. The van der Waals surface area contributed by atoms with Crippen molar-refractivity contribution in [2.75, 3.05) is 4.31 Å². The molecule has 2 N–H and O–H groups in total. The second-order valence-electron chi connectivity index (χ2n) is 5.76. The fourth-order valence-corrected chi connectivity index (χ4v) is 4.61. The lowest BCUT2D eigenvalue weighted by atomic mass is 10.1. The number of nitro benzene ring substituents is 1. The first-order valence-corrected chi connectivity index (χ1v) is 8.84. The van der Waals surface area contributed by atoms with Crippen LogP contribution in [0.2, 0.25) is 0 Å². The minimum absolute atomic E-state index is 0.165. The van der Waals surface area contributed by atoms with Crippen molar-refractivity contribution >= 4 is 27.3 Å². The number of sulfonamides is 1. The van der Waals surface area contributed by atoms with Crippen molar-refractivity contribution in [1.29, 1.82) is 0 Å². The van der Waals surface area contributed by atoms with Crippen LogP contribution in [-0.2, 0) is 21.2 Å². The maximum Gasteiger partial charge on any atom is 0.273 e. The van der Waals surface area contributed by atoms with Gasteiger partial charge in [-0.15, -0.1) is 0 Å². The van der Waals surface area contributed by atoms with Gasteiger partial charge in [-0.25, -0.2) is 8.42 Å². The summed E-state index contributed by atoms with van der Waals surface area (Å²) in [7, 11) is -4.19. The number of hydrogen-bond donors (Lipinski definition) is 1. The lowest BCUT2D eigenvalue weighted by Gasteiger charge is -2.25. The quantitative estimate of drug-likeness (QED) is 0.653. The number of carbonyl (C=O) groups is 1. The largest absolute Gasteiger partial charge is 0.368 e. The first-order chi connectivity index (χ1) is 11.7. The Labute approximate surface area is 144 Å². The highest BCUT2D eigenvalue weighted by Gasteiger charge is 2.41. The molecule has 0 unspecified atom stereocenters. The third kappa shape index (κ3) is 2.72. The highest BCUT2D eigenvalue weighted by Crippen LogP contribution is 2.37. The van der Waals surface area contributed by atoms with E-state index < -0.39 is 26.9 Å². The van der Waals surface area contributed by atoms with E-state index >= 15 is 0 Å². The van der Waals surface area contributed by atoms with Crippen LogP contribution in [0.25, 0.3) is 0 Å². The molecule has 0 spiro atoms. The van der Waals surface area contributed by atoms with Gasteiger partial charge in [-0.1, -0.05) is 24.3 Å². The van der Waals surface area contributed by atoms with Gasteiger partial charge in [-0.2, -0.15) is 0 Å². The Morgan fingerprint density at radius 3 is 2.60 bits per heavy atom. The van der Waals surface area contributed by atoms with Gasteiger partial charge in [-0.05, 0) is 24.6 Å². The number of carbonyl (C=O) groups excluding carboxylic acids is 1. The fourth-order valence-electron chi connectivity index (χ4n) is 2.93. The number of nitrogens with two attached hydrogens (primary N) is 1. The summed E-state index contributed by atoms with van der Waals surface area (Å²) in [5.41, 5.74) is 6.47. The SMILES string of the molecule is Cc1ccc(S(=O)(=O)N2c3ccccc3C[C@H]2C(N)=O)cc1[N+](=O)[O-]. The molecule has 25 heavy (non-hydrogen) atoms. The maximum atomic E-state index is 13.1. The number of hydrogen-bond acceptors (Lipinski definition) is 5. The highest BCUT2D eigenvalue weighted by molar-refractivity contribution is 7.93. The number of primary amides is 1. The van der Waals surface area contributed by atoms with Crippen molar-refractivity contribution in [3.63, 3.8) is 0 Å². The summed E-state index contributed by atoms with van der Waals surface area (Å²) in [6, 6.07) is 9.29. The van der Waals surface area contributed by atoms with Crippen LogP contribution in [0, 0.1) is 17.0 Å². The van der Waals surface area contributed by atoms with E-state index in [0.717, 1.165) is 10.4 Å². The van der Waals surface area contributed by atoms with Crippen LogP contribution in [0.1, 0.15) is 11.1 Å². The minimum atomic E-state index is -4.19. The Hall–Kier alpha value is -2.94. The molecule has 0 fully saturated rings. The highest BCUT2D eigenvalue weighted by atomic mass is 32.2. The number of nitro groups is 1. The number of aryl methyl sites for hydroxylation is 1. The third-order valence-corrected chi connectivity index (χ3v) is 6.01. The van der Waals surface area contributed by atoms with Crippen LogP contribution >= 0.6 is 0 Å². The molecule has 3 rings (SSSR count). The number of rotatable bonds is 4. The summed E-state index contributed by atoms with van der Waals surface area (Å²) in [6.07, 6.45) is 0.165. The van der Waals surface area contributed by atoms with Gasteiger partial charge in [0.1, 0.15) is 6.04 Å². The lowest BCUT2D eigenvalue weighted by molar-refractivity contribution is -0.385. The van der Waals surface area contributed by atoms with Crippen LogP contribution in [0.5, 0.6) is 0 Å². The molecule has 130 valence electrons. The molecule has 1 aliphatic rings. The van der Waals surface area contributed by atoms with Crippen LogP contribution < -0.4 is 10.0 Å². The van der Waals surface area contributed by atoms with E-state index in [-0.39, 0.29) is 17.0 Å². The van der Waals surface area contributed by atoms with E-state index in [1.54, 1.807) is 24.3 Å². The van der Waals surface area contributed by atoms with Gasteiger partial charge >= 0.3 is 0 Å². The topological polar surface area (TPSA) is 124 Å². The Morgan fingerprint density at radius 2 is 1.96 bits per heavy atom.